The molecular formula is C29H34FN3O4S. The summed E-state index contributed by atoms with van der Waals surface area (Å²) in [7, 11) is -3.56. The van der Waals surface area contributed by atoms with E-state index >= 15 is 0 Å². The zero-order valence-electron chi connectivity index (χ0n) is 21.7. The van der Waals surface area contributed by atoms with Crippen LogP contribution in [0.1, 0.15) is 30.9 Å². The van der Waals surface area contributed by atoms with Crippen molar-refractivity contribution in [3.63, 3.8) is 0 Å². The summed E-state index contributed by atoms with van der Waals surface area (Å²) in [5.41, 5.74) is 2.10. The number of halogens is 1. The summed E-state index contributed by atoms with van der Waals surface area (Å²) in [5.74, 6) is -0.963. The van der Waals surface area contributed by atoms with Crippen molar-refractivity contribution in [2.75, 3.05) is 23.7 Å². The monoisotopic (exact) mass is 539 g/mol. The summed E-state index contributed by atoms with van der Waals surface area (Å²) >= 11 is 0. The summed E-state index contributed by atoms with van der Waals surface area (Å²) in [6.45, 7) is 2.45. The van der Waals surface area contributed by atoms with Gasteiger partial charge in [0.15, 0.2) is 0 Å². The third-order valence-corrected chi connectivity index (χ3v) is 7.28. The first-order valence-corrected chi connectivity index (χ1v) is 14.4. The fraction of sp³-hybridized carbons (Fsp3) is 0.310. The Hall–Kier alpha value is -3.72. The van der Waals surface area contributed by atoms with Crippen molar-refractivity contribution in [3.05, 3.63) is 102 Å². The molecule has 0 saturated heterocycles. The van der Waals surface area contributed by atoms with Gasteiger partial charge in [-0.05, 0) is 48.7 Å². The standard InChI is InChI=1S/C29H34FN3O4S/c1-3-31-29(35)27(21-23-11-6-4-7-12-23)32(22-24-16-18-25(30)19-17-24)28(34)15-10-20-33(38(2,36)37)26-13-8-5-9-14-26/h4-9,11-14,16-19,27H,3,10,15,20-22H2,1-2H3,(H,31,35)/t27-/m1/s1. The zero-order chi connectivity index (χ0) is 27.5. The fourth-order valence-corrected chi connectivity index (χ4v) is 5.20. The van der Waals surface area contributed by atoms with Gasteiger partial charge in [0.05, 0.1) is 11.9 Å². The molecule has 3 aromatic carbocycles. The van der Waals surface area contributed by atoms with Crippen LogP contribution < -0.4 is 9.62 Å². The molecule has 7 nitrogen and oxygen atoms in total. The van der Waals surface area contributed by atoms with Gasteiger partial charge in [-0.15, -0.1) is 0 Å². The van der Waals surface area contributed by atoms with Crippen LogP contribution in [0.3, 0.4) is 0 Å². The van der Waals surface area contributed by atoms with Gasteiger partial charge in [0.1, 0.15) is 11.9 Å². The van der Waals surface area contributed by atoms with Crippen LogP contribution >= 0.6 is 0 Å². The Morgan fingerprint density at radius 1 is 0.895 bits per heavy atom. The third kappa shape index (κ3) is 8.41. The smallest absolute Gasteiger partial charge is 0.243 e. The number of rotatable bonds is 13. The van der Waals surface area contributed by atoms with Crippen molar-refractivity contribution in [3.8, 4) is 0 Å². The van der Waals surface area contributed by atoms with Crippen LogP contribution in [-0.4, -0.2) is 50.5 Å². The summed E-state index contributed by atoms with van der Waals surface area (Å²) in [6, 6.07) is 23.2. The molecule has 0 unspecified atom stereocenters. The van der Waals surface area contributed by atoms with E-state index in [4.69, 9.17) is 0 Å². The summed E-state index contributed by atoms with van der Waals surface area (Å²) in [4.78, 5) is 28.3. The largest absolute Gasteiger partial charge is 0.355 e. The van der Waals surface area contributed by atoms with Crippen molar-refractivity contribution >= 4 is 27.5 Å². The number of sulfonamides is 1. The molecule has 0 bridgehead atoms. The van der Waals surface area contributed by atoms with Crippen LogP contribution in [0.15, 0.2) is 84.9 Å². The highest BCUT2D eigenvalue weighted by atomic mass is 32.2. The Morgan fingerprint density at radius 2 is 1.50 bits per heavy atom. The average Bonchev–Trinajstić information content (AvgIpc) is 2.90. The Morgan fingerprint density at radius 3 is 2.08 bits per heavy atom. The van der Waals surface area contributed by atoms with Gasteiger partial charge in [0.25, 0.3) is 0 Å². The summed E-state index contributed by atoms with van der Waals surface area (Å²) in [6.07, 6.45) is 1.73. The number of amides is 2. The van der Waals surface area contributed by atoms with Gasteiger partial charge in [-0.1, -0.05) is 60.7 Å². The van der Waals surface area contributed by atoms with Crippen LogP contribution in [0.4, 0.5) is 10.1 Å². The molecule has 0 heterocycles. The third-order valence-electron chi connectivity index (χ3n) is 6.08. The second-order valence-corrected chi connectivity index (χ2v) is 10.9. The van der Waals surface area contributed by atoms with Crippen LogP contribution in [0, 0.1) is 5.82 Å². The number of nitrogens with zero attached hydrogens (tertiary/aromatic N) is 2. The predicted molar refractivity (Wildman–Crippen MR) is 147 cm³/mol. The lowest BCUT2D eigenvalue weighted by Crippen LogP contribution is -2.50. The number of hydrogen-bond donors (Lipinski definition) is 1. The van der Waals surface area contributed by atoms with Gasteiger partial charge in [0.2, 0.25) is 21.8 Å². The van der Waals surface area contributed by atoms with Crippen LogP contribution in [0.25, 0.3) is 0 Å². The lowest BCUT2D eigenvalue weighted by molar-refractivity contribution is -0.141. The molecule has 0 aliphatic heterocycles. The van der Waals surface area contributed by atoms with Gasteiger partial charge in [-0.25, -0.2) is 12.8 Å². The van der Waals surface area contributed by atoms with E-state index in [1.165, 1.54) is 21.3 Å². The number of hydrogen-bond acceptors (Lipinski definition) is 4. The van der Waals surface area contributed by atoms with E-state index in [0.29, 0.717) is 24.2 Å². The molecule has 3 aromatic rings. The average molecular weight is 540 g/mol. The molecule has 9 heteroatoms. The van der Waals surface area contributed by atoms with Crippen molar-refractivity contribution in [1.29, 1.82) is 0 Å². The molecule has 38 heavy (non-hydrogen) atoms. The molecule has 0 aliphatic carbocycles. The highest BCUT2D eigenvalue weighted by Crippen LogP contribution is 2.20. The van der Waals surface area contributed by atoms with Gasteiger partial charge in [0, 0.05) is 32.5 Å². The number of anilines is 1. The molecule has 0 aromatic heterocycles. The topological polar surface area (TPSA) is 86.8 Å². The lowest BCUT2D eigenvalue weighted by atomic mass is 10.0. The van der Waals surface area contributed by atoms with Gasteiger partial charge >= 0.3 is 0 Å². The SMILES string of the molecule is CCNC(=O)[C@@H](Cc1ccccc1)N(Cc1ccc(F)cc1)C(=O)CCCN(c1ccccc1)S(C)(=O)=O. The molecule has 3 rings (SSSR count). The first-order valence-electron chi connectivity index (χ1n) is 12.6. The van der Waals surface area contributed by atoms with E-state index in [1.807, 2.05) is 37.3 Å². The Bertz CT molecular complexity index is 1290. The second kappa shape index (κ2) is 13.7. The van der Waals surface area contributed by atoms with E-state index in [1.54, 1.807) is 42.5 Å². The fourth-order valence-electron chi connectivity index (χ4n) is 4.23. The molecule has 0 aliphatic rings. The first-order chi connectivity index (χ1) is 18.2. The molecule has 1 N–H and O–H groups in total. The van der Waals surface area contributed by atoms with Crippen LogP contribution in [-0.2, 0) is 32.6 Å². The Kier molecular flexibility index (Phi) is 10.4. The molecule has 0 radical (unpaired) electrons. The number of benzene rings is 3. The second-order valence-electron chi connectivity index (χ2n) is 9.02. The van der Waals surface area contributed by atoms with Gasteiger partial charge in [-0.2, -0.15) is 0 Å². The quantitative estimate of drug-likeness (QED) is 0.354. The molecule has 2 amide bonds. The highest BCUT2D eigenvalue weighted by Gasteiger charge is 2.30. The molecular weight excluding hydrogens is 505 g/mol. The number of likely N-dealkylation sites (N-methyl/N-ethyl adjacent to an activating group) is 1. The maximum absolute atomic E-state index is 13.6. The lowest BCUT2D eigenvalue weighted by Gasteiger charge is -2.32. The van der Waals surface area contributed by atoms with E-state index in [0.717, 1.165) is 11.8 Å². The predicted octanol–water partition coefficient (Wildman–Crippen LogP) is 4.15. The van der Waals surface area contributed by atoms with Crippen LogP contribution in [0.5, 0.6) is 0 Å². The molecule has 0 saturated carbocycles. The number of nitrogens with one attached hydrogen (secondary N) is 1. The zero-order valence-corrected chi connectivity index (χ0v) is 22.5. The first kappa shape index (κ1) is 28.8. The molecule has 0 spiro atoms. The number of carbonyl (C=O) groups excluding carboxylic acids is 2. The Labute approximate surface area is 224 Å². The van der Waals surface area contributed by atoms with Crippen LogP contribution in [0.2, 0.25) is 0 Å². The van der Waals surface area contributed by atoms with Crippen molar-refractivity contribution in [2.45, 2.75) is 38.8 Å². The minimum Gasteiger partial charge on any atom is -0.355 e. The van der Waals surface area contributed by atoms with E-state index in [-0.39, 0.29) is 37.7 Å². The maximum atomic E-state index is 13.6. The molecule has 0 fully saturated rings. The summed E-state index contributed by atoms with van der Waals surface area (Å²) in [5, 5.41) is 2.83. The van der Waals surface area contributed by atoms with E-state index in [2.05, 4.69) is 5.32 Å². The van der Waals surface area contributed by atoms with Crippen molar-refractivity contribution in [2.24, 2.45) is 0 Å². The minimum atomic E-state index is -3.56. The van der Waals surface area contributed by atoms with E-state index in [9.17, 15) is 22.4 Å². The molecule has 1 atom stereocenters. The summed E-state index contributed by atoms with van der Waals surface area (Å²) < 4.78 is 39.7. The van der Waals surface area contributed by atoms with Gasteiger partial charge in [-0.3, -0.25) is 13.9 Å². The number of para-hydroxylation sites is 1. The Balaban J connectivity index is 1.84. The normalized spacial score (nSPS) is 12.0. The number of carbonyl (C=O) groups is 2. The van der Waals surface area contributed by atoms with Crippen molar-refractivity contribution < 1.29 is 22.4 Å². The molecule has 202 valence electrons. The minimum absolute atomic E-state index is 0.0325. The van der Waals surface area contributed by atoms with Gasteiger partial charge < -0.3 is 10.2 Å². The highest BCUT2D eigenvalue weighted by molar-refractivity contribution is 7.92. The van der Waals surface area contributed by atoms with E-state index < -0.39 is 21.9 Å². The van der Waals surface area contributed by atoms with Crippen molar-refractivity contribution in [1.82, 2.24) is 10.2 Å². The maximum Gasteiger partial charge on any atom is 0.243 e.